The Kier molecular flexibility index (Phi) is 3.24. The summed E-state index contributed by atoms with van der Waals surface area (Å²) in [6, 6.07) is 9.12. The predicted octanol–water partition coefficient (Wildman–Crippen LogP) is 2.99. The first-order valence-electron chi connectivity index (χ1n) is 6.02. The normalized spacial score (nSPS) is 10.2. The molecule has 1 aromatic carbocycles. The SMILES string of the molecule is O=C(Nc1cccc(-c2cncnc2)c1)c1ccoc1. The lowest BCUT2D eigenvalue weighted by molar-refractivity contribution is 0.102. The van der Waals surface area contributed by atoms with Gasteiger partial charge in [-0.1, -0.05) is 12.1 Å². The van der Waals surface area contributed by atoms with E-state index in [9.17, 15) is 4.79 Å². The van der Waals surface area contributed by atoms with Gasteiger partial charge >= 0.3 is 0 Å². The van der Waals surface area contributed by atoms with Crippen LogP contribution in [0.25, 0.3) is 11.1 Å². The van der Waals surface area contributed by atoms with E-state index in [1.54, 1.807) is 18.5 Å². The van der Waals surface area contributed by atoms with Crippen LogP contribution in [-0.2, 0) is 0 Å². The number of aromatic nitrogens is 2. The lowest BCUT2D eigenvalue weighted by Crippen LogP contribution is -2.10. The first kappa shape index (κ1) is 12.1. The number of anilines is 1. The van der Waals surface area contributed by atoms with Crippen LogP contribution in [0.5, 0.6) is 0 Å². The van der Waals surface area contributed by atoms with Crippen LogP contribution in [0.2, 0.25) is 0 Å². The molecule has 2 aromatic heterocycles. The molecule has 0 aliphatic heterocycles. The van der Waals surface area contributed by atoms with Gasteiger partial charge in [0, 0.05) is 23.6 Å². The van der Waals surface area contributed by atoms with Crippen molar-refractivity contribution in [2.75, 3.05) is 5.32 Å². The summed E-state index contributed by atoms with van der Waals surface area (Å²) in [5.41, 5.74) is 3.03. The van der Waals surface area contributed by atoms with Gasteiger partial charge in [-0.2, -0.15) is 0 Å². The maximum Gasteiger partial charge on any atom is 0.258 e. The number of benzene rings is 1. The zero-order chi connectivity index (χ0) is 13.8. The van der Waals surface area contributed by atoms with Crippen LogP contribution in [0.1, 0.15) is 10.4 Å². The molecule has 1 N–H and O–H groups in total. The average Bonchev–Trinajstić information content (AvgIpc) is 3.03. The van der Waals surface area contributed by atoms with Gasteiger partial charge in [0.1, 0.15) is 12.6 Å². The molecule has 0 radical (unpaired) electrons. The molecule has 20 heavy (non-hydrogen) atoms. The van der Waals surface area contributed by atoms with Crippen LogP contribution < -0.4 is 5.32 Å². The molecule has 98 valence electrons. The van der Waals surface area contributed by atoms with Crippen molar-refractivity contribution in [3.05, 3.63) is 67.1 Å². The number of hydrogen-bond donors (Lipinski definition) is 1. The largest absolute Gasteiger partial charge is 0.472 e. The van der Waals surface area contributed by atoms with E-state index in [4.69, 9.17) is 4.42 Å². The third-order valence-electron chi connectivity index (χ3n) is 2.80. The van der Waals surface area contributed by atoms with Crippen LogP contribution in [0.4, 0.5) is 5.69 Å². The molecule has 5 nitrogen and oxygen atoms in total. The summed E-state index contributed by atoms with van der Waals surface area (Å²) in [5.74, 6) is -0.208. The third kappa shape index (κ3) is 2.56. The van der Waals surface area contributed by atoms with E-state index in [2.05, 4.69) is 15.3 Å². The molecular formula is C15H11N3O2. The second kappa shape index (κ2) is 5.36. The Morgan fingerprint density at radius 1 is 1.10 bits per heavy atom. The fourth-order valence-electron chi connectivity index (χ4n) is 1.82. The van der Waals surface area contributed by atoms with Crippen molar-refractivity contribution in [2.45, 2.75) is 0 Å². The number of carbonyl (C=O) groups excluding carboxylic acids is 1. The van der Waals surface area contributed by atoms with Crippen molar-refractivity contribution in [3.8, 4) is 11.1 Å². The summed E-state index contributed by atoms with van der Waals surface area (Å²) in [4.78, 5) is 19.9. The highest BCUT2D eigenvalue weighted by molar-refractivity contribution is 6.04. The fraction of sp³-hybridized carbons (Fsp3) is 0. The summed E-state index contributed by atoms with van der Waals surface area (Å²) in [6.45, 7) is 0. The van der Waals surface area contributed by atoms with E-state index in [0.717, 1.165) is 11.1 Å². The smallest absolute Gasteiger partial charge is 0.258 e. The van der Waals surface area contributed by atoms with E-state index >= 15 is 0 Å². The van der Waals surface area contributed by atoms with Crippen molar-refractivity contribution in [1.29, 1.82) is 0 Å². The molecule has 3 aromatic rings. The van der Waals surface area contributed by atoms with Crippen molar-refractivity contribution in [1.82, 2.24) is 9.97 Å². The fourth-order valence-corrected chi connectivity index (χ4v) is 1.82. The van der Waals surface area contributed by atoms with Gasteiger partial charge in [-0.15, -0.1) is 0 Å². The molecule has 0 atom stereocenters. The molecule has 0 aliphatic rings. The molecule has 0 saturated carbocycles. The number of nitrogens with zero attached hydrogens (tertiary/aromatic N) is 2. The first-order chi connectivity index (χ1) is 9.83. The Morgan fingerprint density at radius 2 is 1.95 bits per heavy atom. The summed E-state index contributed by atoms with van der Waals surface area (Å²) in [7, 11) is 0. The maximum absolute atomic E-state index is 11.9. The van der Waals surface area contributed by atoms with Gasteiger partial charge in [0.2, 0.25) is 0 Å². The second-order valence-electron chi connectivity index (χ2n) is 4.17. The van der Waals surface area contributed by atoms with Crippen molar-refractivity contribution >= 4 is 11.6 Å². The van der Waals surface area contributed by atoms with Crippen molar-refractivity contribution in [2.24, 2.45) is 0 Å². The van der Waals surface area contributed by atoms with Gasteiger partial charge in [-0.05, 0) is 23.8 Å². The van der Waals surface area contributed by atoms with Gasteiger partial charge in [0.25, 0.3) is 5.91 Å². The average molecular weight is 265 g/mol. The Bertz CT molecular complexity index is 709. The van der Waals surface area contributed by atoms with Gasteiger partial charge < -0.3 is 9.73 Å². The highest BCUT2D eigenvalue weighted by Crippen LogP contribution is 2.21. The minimum Gasteiger partial charge on any atom is -0.472 e. The Balaban J connectivity index is 1.83. The van der Waals surface area contributed by atoms with Gasteiger partial charge in [-0.25, -0.2) is 9.97 Å². The summed E-state index contributed by atoms with van der Waals surface area (Å²) in [5, 5.41) is 2.81. The molecule has 0 saturated heterocycles. The molecule has 0 unspecified atom stereocenters. The first-order valence-corrected chi connectivity index (χ1v) is 6.02. The minimum absolute atomic E-state index is 0.208. The van der Waals surface area contributed by atoms with Crippen LogP contribution in [-0.4, -0.2) is 15.9 Å². The number of nitrogens with one attached hydrogen (secondary N) is 1. The lowest BCUT2D eigenvalue weighted by atomic mass is 10.1. The lowest BCUT2D eigenvalue weighted by Gasteiger charge is -2.06. The van der Waals surface area contributed by atoms with Crippen LogP contribution in [0.15, 0.2) is 66.0 Å². The topological polar surface area (TPSA) is 68.0 Å². The van der Waals surface area contributed by atoms with E-state index in [1.807, 2.05) is 24.3 Å². The highest BCUT2D eigenvalue weighted by Gasteiger charge is 2.07. The van der Waals surface area contributed by atoms with E-state index in [-0.39, 0.29) is 5.91 Å². The second-order valence-corrected chi connectivity index (χ2v) is 4.17. The number of furan rings is 1. The van der Waals surface area contributed by atoms with Gasteiger partial charge in [-0.3, -0.25) is 4.79 Å². The Labute approximate surface area is 115 Å². The minimum atomic E-state index is -0.208. The summed E-state index contributed by atoms with van der Waals surface area (Å²) < 4.78 is 4.89. The highest BCUT2D eigenvalue weighted by atomic mass is 16.3. The molecule has 0 spiro atoms. The molecule has 0 fully saturated rings. The molecule has 5 heteroatoms. The molecule has 3 rings (SSSR count). The number of rotatable bonds is 3. The van der Waals surface area contributed by atoms with E-state index < -0.39 is 0 Å². The predicted molar refractivity (Wildman–Crippen MR) is 74.1 cm³/mol. The monoisotopic (exact) mass is 265 g/mol. The molecule has 0 aliphatic carbocycles. The van der Waals surface area contributed by atoms with E-state index in [0.29, 0.717) is 11.3 Å². The van der Waals surface area contributed by atoms with E-state index in [1.165, 1.54) is 18.9 Å². The van der Waals surface area contributed by atoms with Crippen molar-refractivity contribution < 1.29 is 9.21 Å². The van der Waals surface area contributed by atoms with Crippen LogP contribution in [0.3, 0.4) is 0 Å². The van der Waals surface area contributed by atoms with Gasteiger partial charge in [0.05, 0.1) is 11.8 Å². The Hall–Kier alpha value is -2.95. The zero-order valence-corrected chi connectivity index (χ0v) is 10.5. The van der Waals surface area contributed by atoms with Crippen molar-refractivity contribution in [3.63, 3.8) is 0 Å². The van der Waals surface area contributed by atoms with Crippen LogP contribution >= 0.6 is 0 Å². The Morgan fingerprint density at radius 3 is 2.70 bits per heavy atom. The quantitative estimate of drug-likeness (QED) is 0.790. The maximum atomic E-state index is 11.9. The molecular weight excluding hydrogens is 254 g/mol. The number of amides is 1. The zero-order valence-electron chi connectivity index (χ0n) is 10.5. The molecule has 2 heterocycles. The standard InChI is InChI=1S/C15H11N3O2/c19-15(12-4-5-20-9-12)18-14-3-1-2-11(6-14)13-7-16-10-17-8-13/h1-10H,(H,18,19). The molecule has 0 bridgehead atoms. The van der Waals surface area contributed by atoms with Gasteiger partial charge in [0.15, 0.2) is 0 Å². The summed E-state index contributed by atoms with van der Waals surface area (Å²) >= 11 is 0. The molecule has 1 amide bonds. The number of hydrogen-bond acceptors (Lipinski definition) is 4. The summed E-state index contributed by atoms with van der Waals surface area (Å²) in [6.07, 6.45) is 7.80. The van der Waals surface area contributed by atoms with Crippen LogP contribution in [0, 0.1) is 0 Å². The third-order valence-corrected chi connectivity index (χ3v) is 2.80. The number of carbonyl (C=O) groups is 1.